The van der Waals surface area contributed by atoms with E-state index in [9.17, 15) is 4.79 Å². The van der Waals surface area contributed by atoms with Crippen molar-refractivity contribution in [2.45, 2.75) is 13.5 Å². The minimum Gasteiger partial charge on any atom is -0.497 e. The van der Waals surface area contributed by atoms with Gasteiger partial charge in [0.1, 0.15) is 11.3 Å². The maximum atomic E-state index is 13.5. The first kappa shape index (κ1) is 18.6. The number of furan rings is 1. The van der Waals surface area contributed by atoms with Crippen molar-refractivity contribution in [3.63, 3.8) is 0 Å². The number of methoxy groups -OCH3 is 1. The van der Waals surface area contributed by atoms with Gasteiger partial charge in [-0.25, -0.2) is 0 Å². The molecule has 4 rings (SSSR count). The molecule has 0 fully saturated rings. The van der Waals surface area contributed by atoms with E-state index in [2.05, 4.69) is 0 Å². The molecule has 0 bridgehead atoms. The van der Waals surface area contributed by atoms with Crippen LogP contribution in [-0.4, -0.2) is 13.0 Å². The van der Waals surface area contributed by atoms with Gasteiger partial charge in [-0.05, 0) is 60.8 Å². The van der Waals surface area contributed by atoms with Crippen LogP contribution < -0.4 is 9.64 Å². The number of carbonyl (C=O) groups is 1. The Morgan fingerprint density at radius 1 is 1.18 bits per heavy atom. The number of halogens is 1. The fraction of sp³-hybridized carbons (Fsp3) is 0.136. The topological polar surface area (TPSA) is 42.7 Å². The van der Waals surface area contributed by atoms with Crippen molar-refractivity contribution in [3.05, 3.63) is 81.2 Å². The molecule has 2 heterocycles. The number of hydrogen-bond donors (Lipinski definition) is 0. The number of anilines is 1. The second-order valence-corrected chi connectivity index (χ2v) is 7.83. The van der Waals surface area contributed by atoms with Crippen molar-refractivity contribution in [2.24, 2.45) is 0 Å². The van der Waals surface area contributed by atoms with Crippen molar-refractivity contribution in [1.82, 2.24) is 0 Å². The third kappa shape index (κ3) is 3.51. The van der Waals surface area contributed by atoms with E-state index in [0.717, 1.165) is 27.3 Å². The van der Waals surface area contributed by atoms with Gasteiger partial charge in [0.05, 0.1) is 13.7 Å². The van der Waals surface area contributed by atoms with Crippen LogP contribution in [0.5, 0.6) is 5.75 Å². The van der Waals surface area contributed by atoms with Crippen LogP contribution in [0.3, 0.4) is 0 Å². The molecule has 2 aromatic heterocycles. The highest BCUT2D eigenvalue weighted by Gasteiger charge is 2.25. The van der Waals surface area contributed by atoms with Crippen LogP contribution in [0.1, 0.15) is 21.0 Å². The molecule has 0 unspecified atom stereocenters. The molecule has 0 saturated heterocycles. The summed E-state index contributed by atoms with van der Waals surface area (Å²) in [5, 5.41) is 3.46. The van der Waals surface area contributed by atoms with Gasteiger partial charge < -0.3 is 14.1 Å². The van der Waals surface area contributed by atoms with Gasteiger partial charge >= 0.3 is 0 Å². The van der Waals surface area contributed by atoms with Gasteiger partial charge in [-0.1, -0.05) is 17.7 Å². The van der Waals surface area contributed by atoms with E-state index in [-0.39, 0.29) is 5.91 Å². The predicted molar refractivity (Wildman–Crippen MR) is 114 cm³/mol. The molecule has 0 aliphatic heterocycles. The normalized spacial score (nSPS) is 11.0. The lowest BCUT2D eigenvalue weighted by molar-refractivity contribution is 0.0960. The Morgan fingerprint density at radius 2 is 1.96 bits per heavy atom. The van der Waals surface area contributed by atoms with Crippen molar-refractivity contribution < 1.29 is 13.9 Å². The standard InChI is InChI=1S/C22H18ClNO3S/c1-14-19-12-15(23)5-10-20(19)27-21(14)22(25)24(13-18-4-3-11-28-18)16-6-8-17(26-2)9-7-16/h3-12H,13H2,1-2H3. The SMILES string of the molecule is COc1ccc(N(Cc2cccs2)C(=O)c2oc3ccc(Cl)cc3c2C)cc1. The van der Waals surface area contributed by atoms with E-state index < -0.39 is 0 Å². The molecular formula is C22H18ClNO3S. The summed E-state index contributed by atoms with van der Waals surface area (Å²) in [6, 6.07) is 16.8. The Kier molecular flexibility index (Phi) is 5.11. The zero-order valence-corrected chi connectivity index (χ0v) is 17.0. The van der Waals surface area contributed by atoms with E-state index in [1.807, 2.05) is 54.8 Å². The fourth-order valence-electron chi connectivity index (χ4n) is 3.12. The largest absolute Gasteiger partial charge is 0.497 e. The molecule has 6 heteroatoms. The number of amides is 1. The monoisotopic (exact) mass is 411 g/mol. The highest BCUT2D eigenvalue weighted by atomic mass is 35.5. The van der Waals surface area contributed by atoms with E-state index in [4.69, 9.17) is 20.8 Å². The molecule has 142 valence electrons. The lowest BCUT2D eigenvalue weighted by atomic mass is 10.1. The summed E-state index contributed by atoms with van der Waals surface area (Å²) in [5.74, 6) is 0.870. The summed E-state index contributed by atoms with van der Waals surface area (Å²) in [7, 11) is 1.62. The number of aryl methyl sites for hydroxylation is 1. The second kappa shape index (κ2) is 7.70. The van der Waals surface area contributed by atoms with Crippen molar-refractivity contribution in [2.75, 3.05) is 12.0 Å². The first-order valence-electron chi connectivity index (χ1n) is 8.74. The summed E-state index contributed by atoms with van der Waals surface area (Å²) in [6.07, 6.45) is 0. The molecule has 0 aliphatic carbocycles. The Hall–Kier alpha value is -2.76. The third-order valence-electron chi connectivity index (χ3n) is 4.62. The van der Waals surface area contributed by atoms with Gasteiger partial charge in [0.15, 0.2) is 5.76 Å². The Balaban J connectivity index is 1.76. The molecule has 0 spiro atoms. The summed E-state index contributed by atoms with van der Waals surface area (Å²) in [6.45, 7) is 2.34. The highest BCUT2D eigenvalue weighted by molar-refractivity contribution is 7.09. The smallest absolute Gasteiger partial charge is 0.294 e. The van der Waals surface area contributed by atoms with E-state index in [1.165, 1.54) is 0 Å². The lowest BCUT2D eigenvalue weighted by Gasteiger charge is -2.22. The Morgan fingerprint density at radius 3 is 2.64 bits per heavy atom. The van der Waals surface area contributed by atoms with Gasteiger partial charge in [-0.3, -0.25) is 4.79 Å². The zero-order valence-electron chi connectivity index (χ0n) is 15.4. The van der Waals surface area contributed by atoms with Crippen LogP contribution in [0, 0.1) is 6.92 Å². The molecule has 0 saturated carbocycles. The molecule has 0 N–H and O–H groups in total. The number of rotatable bonds is 5. The second-order valence-electron chi connectivity index (χ2n) is 6.37. The lowest BCUT2D eigenvalue weighted by Crippen LogP contribution is -2.30. The number of fused-ring (bicyclic) bond motifs is 1. The Labute approximate surface area is 171 Å². The van der Waals surface area contributed by atoms with Crippen LogP contribution in [0.15, 0.2) is 64.4 Å². The molecule has 0 aliphatic rings. The van der Waals surface area contributed by atoms with Gasteiger partial charge in [-0.2, -0.15) is 0 Å². The molecule has 4 nitrogen and oxygen atoms in total. The van der Waals surface area contributed by atoms with Gasteiger partial charge in [0.2, 0.25) is 0 Å². The van der Waals surface area contributed by atoms with Crippen molar-refractivity contribution >= 4 is 45.5 Å². The molecule has 0 radical (unpaired) electrons. The predicted octanol–water partition coefficient (Wildman–Crippen LogP) is 6.31. The number of benzene rings is 2. The van der Waals surface area contributed by atoms with Crippen LogP contribution >= 0.6 is 22.9 Å². The highest BCUT2D eigenvalue weighted by Crippen LogP contribution is 2.31. The minimum atomic E-state index is -0.191. The third-order valence-corrected chi connectivity index (χ3v) is 5.71. The summed E-state index contributed by atoms with van der Waals surface area (Å²) in [4.78, 5) is 16.3. The van der Waals surface area contributed by atoms with Crippen LogP contribution in [0.25, 0.3) is 11.0 Å². The minimum absolute atomic E-state index is 0.191. The first-order valence-corrected chi connectivity index (χ1v) is 9.99. The van der Waals surface area contributed by atoms with Crippen molar-refractivity contribution in [3.8, 4) is 5.75 Å². The fourth-order valence-corrected chi connectivity index (χ4v) is 3.99. The number of hydrogen-bond acceptors (Lipinski definition) is 4. The average molecular weight is 412 g/mol. The maximum Gasteiger partial charge on any atom is 0.294 e. The molecule has 2 aromatic carbocycles. The average Bonchev–Trinajstić information content (AvgIpc) is 3.34. The van der Waals surface area contributed by atoms with E-state index >= 15 is 0 Å². The summed E-state index contributed by atoms with van der Waals surface area (Å²) in [5.41, 5.74) is 2.21. The molecule has 1 amide bonds. The number of ether oxygens (including phenoxy) is 1. The van der Waals surface area contributed by atoms with E-state index in [1.54, 1.807) is 35.5 Å². The van der Waals surface area contributed by atoms with Crippen molar-refractivity contribution in [1.29, 1.82) is 0 Å². The zero-order chi connectivity index (χ0) is 19.7. The molecule has 4 aromatic rings. The first-order chi connectivity index (χ1) is 13.6. The molecule has 28 heavy (non-hydrogen) atoms. The van der Waals surface area contributed by atoms with Crippen LogP contribution in [-0.2, 0) is 6.54 Å². The molecule has 0 atom stereocenters. The maximum absolute atomic E-state index is 13.5. The molecular weight excluding hydrogens is 394 g/mol. The quantitative estimate of drug-likeness (QED) is 0.386. The summed E-state index contributed by atoms with van der Waals surface area (Å²) >= 11 is 7.72. The van der Waals surface area contributed by atoms with Crippen LogP contribution in [0.2, 0.25) is 5.02 Å². The van der Waals surface area contributed by atoms with E-state index in [0.29, 0.717) is 22.9 Å². The number of nitrogens with zero attached hydrogens (tertiary/aromatic N) is 1. The summed E-state index contributed by atoms with van der Waals surface area (Å²) < 4.78 is 11.1. The van der Waals surface area contributed by atoms with Crippen LogP contribution in [0.4, 0.5) is 5.69 Å². The number of thiophene rings is 1. The van der Waals surface area contributed by atoms with Gasteiger partial charge in [0, 0.05) is 26.5 Å². The Bertz CT molecular complexity index is 1120. The van der Waals surface area contributed by atoms with Gasteiger partial charge in [0.25, 0.3) is 5.91 Å². The van der Waals surface area contributed by atoms with Gasteiger partial charge in [-0.15, -0.1) is 11.3 Å². The number of carbonyl (C=O) groups excluding carboxylic acids is 1.